The van der Waals surface area contributed by atoms with Crippen LogP contribution in [0.1, 0.15) is 28.7 Å². The molecule has 20 heavy (non-hydrogen) atoms. The van der Waals surface area contributed by atoms with Gasteiger partial charge in [0.1, 0.15) is 11.9 Å². The Morgan fingerprint density at radius 3 is 2.95 bits per heavy atom. The SMILES string of the molecule is CCc1[nH]nc(C(=O)Nc2ccc(F)c(C#N)c2)c1N. The molecular weight excluding hydrogens is 261 g/mol. The fourth-order valence-electron chi connectivity index (χ4n) is 1.71. The van der Waals surface area contributed by atoms with Gasteiger partial charge in [-0.2, -0.15) is 10.4 Å². The largest absolute Gasteiger partial charge is 0.395 e. The quantitative estimate of drug-likeness (QED) is 0.792. The Hall–Kier alpha value is -2.88. The van der Waals surface area contributed by atoms with E-state index in [1.807, 2.05) is 6.92 Å². The van der Waals surface area contributed by atoms with Gasteiger partial charge in [0.25, 0.3) is 5.91 Å². The average molecular weight is 273 g/mol. The first-order valence-corrected chi connectivity index (χ1v) is 5.90. The molecule has 1 aromatic carbocycles. The Bertz CT molecular complexity index is 701. The van der Waals surface area contributed by atoms with Crippen molar-refractivity contribution >= 4 is 17.3 Å². The lowest BCUT2D eigenvalue weighted by Crippen LogP contribution is -2.14. The van der Waals surface area contributed by atoms with E-state index in [4.69, 9.17) is 11.0 Å². The number of nitrogens with one attached hydrogen (secondary N) is 2. The van der Waals surface area contributed by atoms with Gasteiger partial charge in [-0.3, -0.25) is 9.89 Å². The molecule has 0 aliphatic carbocycles. The van der Waals surface area contributed by atoms with E-state index in [1.165, 1.54) is 12.1 Å². The van der Waals surface area contributed by atoms with E-state index >= 15 is 0 Å². The van der Waals surface area contributed by atoms with Crippen molar-refractivity contribution in [2.45, 2.75) is 13.3 Å². The molecule has 0 fully saturated rings. The Morgan fingerprint density at radius 1 is 1.60 bits per heavy atom. The fourth-order valence-corrected chi connectivity index (χ4v) is 1.71. The monoisotopic (exact) mass is 273 g/mol. The number of carbonyl (C=O) groups excluding carboxylic acids is 1. The normalized spacial score (nSPS) is 10.1. The van der Waals surface area contributed by atoms with Crippen molar-refractivity contribution in [2.75, 3.05) is 11.1 Å². The lowest BCUT2D eigenvalue weighted by molar-refractivity contribution is 0.102. The maximum absolute atomic E-state index is 13.2. The van der Waals surface area contributed by atoms with Crippen LogP contribution in [-0.4, -0.2) is 16.1 Å². The summed E-state index contributed by atoms with van der Waals surface area (Å²) in [6.45, 7) is 1.88. The molecule has 0 radical (unpaired) electrons. The van der Waals surface area contributed by atoms with Gasteiger partial charge in [-0.05, 0) is 24.6 Å². The molecular formula is C13H12FN5O. The number of amides is 1. The number of aryl methyl sites for hydroxylation is 1. The van der Waals surface area contributed by atoms with Crippen LogP contribution < -0.4 is 11.1 Å². The number of rotatable bonds is 3. The molecule has 1 amide bonds. The van der Waals surface area contributed by atoms with Crippen molar-refractivity contribution in [2.24, 2.45) is 0 Å². The summed E-state index contributed by atoms with van der Waals surface area (Å²) < 4.78 is 13.2. The molecule has 0 unspecified atom stereocenters. The second-order valence-corrected chi connectivity index (χ2v) is 4.08. The molecule has 0 aliphatic heterocycles. The van der Waals surface area contributed by atoms with Gasteiger partial charge in [0, 0.05) is 5.69 Å². The van der Waals surface area contributed by atoms with Gasteiger partial charge in [-0.25, -0.2) is 4.39 Å². The summed E-state index contributed by atoms with van der Waals surface area (Å²) in [5, 5.41) is 17.8. The maximum atomic E-state index is 13.2. The zero-order valence-corrected chi connectivity index (χ0v) is 10.7. The van der Waals surface area contributed by atoms with Gasteiger partial charge >= 0.3 is 0 Å². The van der Waals surface area contributed by atoms with Crippen molar-refractivity contribution in [3.63, 3.8) is 0 Å². The Balaban J connectivity index is 2.24. The number of nitriles is 1. The molecule has 0 saturated heterocycles. The van der Waals surface area contributed by atoms with Gasteiger partial charge in [-0.1, -0.05) is 6.92 Å². The number of nitrogen functional groups attached to an aromatic ring is 1. The van der Waals surface area contributed by atoms with E-state index in [1.54, 1.807) is 6.07 Å². The fraction of sp³-hybridized carbons (Fsp3) is 0.154. The number of hydrogen-bond acceptors (Lipinski definition) is 4. The molecule has 7 heteroatoms. The number of halogens is 1. The third-order valence-electron chi connectivity index (χ3n) is 2.80. The first-order chi connectivity index (χ1) is 9.56. The molecule has 0 aliphatic rings. The zero-order valence-electron chi connectivity index (χ0n) is 10.7. The number of nitrogens with zero attached hydrogens (tertiary/aromatic N) is 2. The smallest absolute Gasteiger partial charge is 0.278 e. The molecule has 102 valence electrons. The van der Waals surface area contributed by atoms with Crippen LogP contribution in [-0.2, 0) is 6.42 Å². The number of anilines is 2. The highest BCUT2D eigenvalue weighted by atomic mass is 19.1. The third kappa shape index (κ3) is 2.44. The number of aromatic amines is 1. The standard InChI is InChI=1S/C13H12FN5O/c1-2-10-11(16)12(19-18-10)13(20)17-8-3-4-9(14)7(5-8)6-15/h3-5H,2,16H2,1H3,(H,17,20)(H,18,19). The molecule has 6 nitrogen and oxygen atoms in total. The third-order valence-corrected chi connectivity index (χ3v) is 2.80. The summed E-state index contributed by atoms with van der Waals surface area (Å²) in [6, 6.07) is 5.42. The minimum atomic E-state index is -0.641. The van der Waals surface area contributed by atoms with Gasteiger partial charge < -0.3 is 11.1 Å². The second-order valence-electron chi connectivity index (χ2n) is 4.08. The van der Waals surface area contributed by atoms with Crippen LogP contribution in [0.3, 0.4) is 0 Å². The van der Waals surface area contributed by atoms with Gasteiger partial charge in [0.2, 0.25) is 0 Å². The summed E-state index contributed by atoms with van der Waals surface area (Å²) in [6.07, 6.45) is 0.626. The number of nitrogens with two attached hydrogens (primary N) is 1. The molecule has 1 aromatic heterocycles. The van der Waals surface area contributed by atoms with E-state index in [0.717, 1.165) is 6.07 Å². The van der Waals surface area contributed by atoms with Gasteiger partial charge in [-0.15, -0.1) is 0 Å². The highest BCUT2D eigenvalue weighted by Crippen LogP contribution is 2.18. The van der Waals surface area contributed by atoms with Crippen molar-refractivity contribution < 1.29 is 9.18 Å². The maximum Gasteiger partial charge on any atom is 0.278 e. The van der Waals surface area contributed by atoms with E-state index in [2.05, 4.69) is 15.5 Å². The molecule has 0 spiro atoms. The van der Waals surface area contributed by atoms with Crippen LogP contribution in [0.2, 0.25) is 0 Å². The molecule has 2 rings (SSSR count). The van der Waals surface area contributed by atoms with Crippen molar-refractivity contribution in [1.82, 2.24) is 10.2 Å². The molecule has 4 N–H and O–H groups in total. The minimum absolute atomic E-state index is 0.0738. The van der Waals surface area contributed by atoms with Crippen LogP contribution in [0.15, 0.2) is 18.2 Å². The van der Waals surface area contributed by atoms with Crippen molar-refractivity contribution in [3.8, 4) is 6.07 Å². The summed E-state index contributed by atoms with van der Waals surface area (Å²) in [7, 11) is 0. The van der Waals surface area contributed by atoms with Crippen molar-refractivity contribution in [3.05, 3.63) is 41.0 Å². The molecule has 0 bridgehead atoms. The van der Waals surface area contributed by atoms with E-state index < -0.39 is 11.7 Å². The zero-order chi connectivity index (χ0) is 14.7. The molecule has 2 aromatic rings. The highest BCUT2D eigenvalue weighted by Gasteiger charge is 2.17. The number of hydrogen-bond donors (Lipinski definition) is 3. The van der Waals surface area contributed by atoms with Gasteiger partial charge in [0.05, 0.1) is 16.9 Å². The van der Waals surface area contributed by atoms with Crippen LogP contribution in [0.5, 0.6) is 0 Å². The first kappa shape index (κ1) is 13.5. The second kappa shape index (κ2) is 5.40. The van der Waals surface area contributed by atoms with E-state index in [-0.39, 0.29) is 16.9 Å². The predicted molar refractivity (Wildman–Crippen MR) is 71.4 cm³/mol. The summed E-state index contributed by atoms with van der Waals surface area (Å²) in [5.41, 5.74) is 6.97. The predicted octanol–water partition coefficient (Wildman–Crippen LogP) is 1.82. The number of aromatic nitrogens is 2. The number of H-pyrrole nitrogens is 1. The summed E-state index contributed by atoms with van der Waals surface area (Å²) in [4.78, 5) is 12.0. The summed E-state index contributed by atoms with van der Waals surface area (Å²) >= 11 is 0. The van der Waals surface area contributed by atoms with Gasteiger partial charge in [0.15, 0.2) is 5.69 Å². The number of benzene rings is 1. The summed E-state index contributed by atoms with van der Waals surface area (Å²) in [5.74, 6) is -1.16. The minimum Gasteiger partial charge on any atom is -0.395 e. The van der Waals surface area contributed by atoms with Crippen LogP contribution in [0.25, 0.3) is 0 Å². The van der Waals surface area contributed by atoms with E-state index in [9.17, 15) is 9.18 Å². The van der Waals surface area contributed by atoms with Crippen LogP contribution in [0.4, 0.5) is 15.8 Å². The molecule has 0 saturated carbocycles. The van der Waals surface area contributed by atoms with E-state index in [0.29, 0.717) is 17.8 Å². The van der Waals surface area contributed by atoms with Crippen LogP contribution >= 0.6 is 0 Å². The Kier molecular flexibility index (Phi) is 3.66. The molecule has 1 heterocycles. The van der Waals surface area contributed by atoms with Crippen molar-refractivity contribution in [1.29, 1.82) is 5.26 Å². The highest BCUT2D eigenvalue weighted by molar-refractivity contribution is 6.06. The lowest BCUT2D eigenvalue weighted by atomic mass is 10.2. The first-order valence-electron chi connectivity index (χ1n) is 5.90. The van der Waals surface area contributed by atoms with Crippen LogP contribution in [0, 0.1) is 17.1 Å². The topological polar surface area (TPSA) is 108 Å². The Morgan fingerprint density at radius 2 is 2.35 bits per heavy atom. The Labute approximate surface area is 114 Å². The molecule has 0 atom stereocenters. The lowest BCUT2D eigenvalue weighted by Gasteiger charge is -2.04. The average Bonchev–Trinajstić information content (AvgIpc) is 2.82. The number of carbonyl (C=O) groups is 1.